The zero-order chi connectivity index (χ0) is 44.4. The number of allylic oxidation sites excluding steroid dienone is 2. The molecule has 0 aliphatic carbocycles. The second-order valence-electron chi connectivity index (χ2n) is 18.5. The van der Waals surface area contributed by atoms with Crippen LogP contribution < -0.4 is 0 Å². The van der Waals surface area contributed by atoms with Gasteiger partial charge in [0.2, 0.25) is 0 Å². The van der Waals surface area contributed by atoms with E-state index in [2.05, 4.69) is 32.9 Å². The molecule has 0 rings (SSSR count). The molecule has 0 saturated heterocycles. The van der Waals surface area contributed by atoms with Crippen LogP contribution in [0.1, 0.15) is 303 Å². The van der Waals surface area contributed by atoms with Gasteiger partial charge in [0, 0.05) is 19.3 Å². The summed E-state index contributed by atoms with van der Waals surface area (Å²) in [5.41, 5.74) is 0. The van der Waals surface area contributed by atoms with Crippen molar-refractivity contribution >= 4 is 17.9 Å². The molecule has 6 nitrogen and oxygen atoms in total. The number of hydrogen-bond acceptors (Lipinski definition) is 6. The van der Waals surface area contributed by atoms with Gasteiger partial charge in [0.1, 0.15) is 13.2 Å². The number of rotatable bonds is 50. The third-order valence-corrected chi connectivity index (χ3v) is 12.3. The highest BCUT2D eigenvalue weighted by molar-refractivity contribution is 5.71. The predicted octanol–water partition coefficient (Wildman–Crippen LogP) is 17.8. The molecule has 0 aromatic carbocycles. The monoisotopic (exact) mass is 861 g/mol. The molecule has 0 N–H and O–H groups in total. The van der Waals surface area contributed by atoms with Crippen LogP contribution in [0.2, 0.25) is 0 Å². The maximum atomic E-state index is 12.7. The summed E-state index contributed by atoms with van der Waals surface area (Å²) in [6, 6.07) is 0. The Bertz CT molecular complexity index is 947. The summed E-state index contributed by atoms with van der Waals surface area (Å²) in [6.45, 7) is 6.58. The van der Waals surface area contributed by atoms with Crippen molar-refractivity contribution in [2.75, 3.05) is 13.2 Å². The molecule has 0 heterocycles. The SMILES string of the molecule is CCCCC/C=C\CCCCCCCC(=O)OC(COC(=O)CCCCCCCC)COC(=O)CCCCCCCCCCCCCCCCCCCCCCCCCCC. The Morgan fingerprint density at radius 3 is 0.852 bits per heavy atom. The average Bonchev–Trinajstić information content (AvgIpc) is 3.26. The van der Waals surface area contributed by atoms with E-state index in [9.17, 15) is 14.4 Å². The van der Waals surface area contributed by atoms with Crippen LogP contribution in [0, 0.1) is 0 Å². The lowest BCUT2D eigenvalue weighted by Gasteiger charge is -2.18. The highest BCUT2D eigenvalue weighted by atomic mass is 16.6. The minimum absolute atomic E-state index is 0.0692. The lowest BCUT2D eigenvalue weighted by molar-refractivity contribution is -0.167. The van der Waals surface area contributed by atoms with Crippen LogP contribution in [0.3, 0.4) is 0 Å². The fourth-order valence-electron chi connectivity index (χ4n) is 8.14. The third-order valence-electron chi connectivity index (χ3n) is 12.3. The molecule has 0 spiro atoms. The van der Waals surface area contributed by atoms with Gasteiger partial charge in [-0.3, -0.25) is 14.4 Å². The van der Waals surface area contributed by atoms with Crippen LogP contribution in [-0.4, -0.2) is 37.2 Å². The molecule has 6 heteroatoms. The first-order valence-electron chi connectivity index (χ1n) is 27.2. The Morgan fingerprint density at radius 2 is 0.541 bits per heavy atom. The van der Waals surface area contributed by atoms with Crippen molar-refractivity contribution in [3.05, 3.63) is 12.2 Å². The van der Waals surface area contributed by atoms with E-state index in [1.165, 1.54) is 199 Å². The lowest BCUT2D eigenvalue weighted by Crippen LogP contribution is -2.30. The second kappa shape index (κ2) is 50.8. The molecular weight excluding hydrogens is 757 g/mol. The second-order valence-corrected chi connectivity index (χ2v) is 18.5. The van der Waals surface area contributed by atoms with E-state index >= 15 is 0 Å². The minimum Gasteiger partial charge on any atom is -0.462 e. The Hall–Kier alpha value is -1.85. The highest BCUT2D eigenvalue weighted by Gasteiger charge is 2.19. The lowest BCUT2D eigenvalue weighted by atomic mass is 10.0. The van der Waals surface area contributed by atoms with E-state index in [1.54, 1.807) is 0 Å². The maximum absolute atomic E-state index is 12.7. The van der Waals surface area contributed by atoms with Crippen LogP contribution in [0.25, 0.3) is 0 Å². The van der Waals surface area contributed by atoms with Crippen molar-refractivity contribution in [1.82, 2.24) is 0 Å². The number of ether oxygens (including phenoxy) is 3. The highest BCUT2D eigenvalue weighted by Crippen LogP contribution is 2.17. The normalized spacial score (nSPS) is 12.0. The van der Waals surface area contributed by atoms with E-state index in [-0.39, 0.29) is 31.1 Å². The van der Waals surface area contributed by atoms with Gasteiger partial charge in [-0.05, 0) is 44.9 Å². The third kappa shape index (κ3) is 49.0. The summed E-state index contributed by atoms with van der Waals surface area (Å²) in [5.74, 6) is -0.873. The van der Waals surface area contributed by atoms with Crippen LogP contribution in [-0.2, 0) is 28.6 Å². The predicted molar refractivity (Wildman–Crippen MR) is 261 cm³/mol. The standard InChI is InChI=1S/C55H104O6/c1-4-7-10-13-16-18-20-22-23-24-25-26-27-28-29-30-31-32-33-34-36-37-39-42-45-48-54(57)60-51-52(50-59-53(56)47-44-41-15-12-9-6-3)61-55(58)49-46-43-40-38-35-21-19-17-14-11-8-5-2/h17,19,52H,4-16,18,20-51H2,1-3H3/b19-17-. The van der Waals surface area contributed by atoms with Crippen molar-refractivity contribution in [2.45, 2.75) is 309 Å². The van der Waals surface area contributed by atoms with Crippen molar-refractivity contribution in [3.8, 4) is 0 Å². The van der Waals surface area contributed by atoms with Gasteiger partial charge in [0.25, 0.3) is 0 Å². The Kier molecular flexibility index (Phi) is 49.3. The van der Waals surface area contributed by atoms with Crippen molar-refractivity contribution in [3.63, 3.8) is 0 Å². The molecule has 61 heavy (non-hydrogen) atoms. The van der Waals surface area contributed by atoms with Crippen molar-refractivity contribution in [1.29, 1.82) is 0 Å². The quantitative estimate of drug-likeness (QED) is 0.0262. The molecule has 0 fully saturated rings. The Morgan fingerprint density at radius 1 is 0.311 bits per heavy atom. The molecule has 0 radical (unpaired) electrons. The van der Waals surface area contributed by atoms with Gasteiger partial charge in [0.05, 0.1) is 0 Å². The molecule has 0 aliphatic heterocycles. The summed E-state index contributed by atoms with van der Waals surface area (Å²) in [7, 11) is 0. The molecule has 0 amide bonds. The van der Waals surface area contributed by atoms with E-state index in [1.807, 2.05) is 0 Å². The number of hydrogen-bond donors (Lipinski definition) is 0. The van der Waals surface area contributed by atoms with Crippen LogP contribution in [0.15, 0.2) is 12.2 Å². The molecule has 0 aromatic heterocycles. The molecule has 1 unspecified atom stereocenters. The summed E-state index contributed by atoms with van der Waals surface area (Å²) in [6.07, 6.45) is 56.7. The zero-order valence-electron chi connectivity index (χ0n) is 41.2. The smallest absolute Gasteiger partial charge is 0.306 e. The van der Waals surface area contributed by atoms with E-state index in [4.69, 9.17) is 14.2 Å². The first-order chi connectivity index (χ1) is 30.0. The van der Waals surface area contributed by atoms with Crippen LogP contribution >= 0.6 is 0 Å². The number of esters is 3. The van der Waals surface area contributed by atoms with E-state index in [0.29, 0.717) is 19.3 Å². The first-order valence-corrected chi connectivity index (χ1v) is 27.2. The molecule has 1 atom stereocenters. The number of unbranched alkanes of at least 4 members (excludes halogenated alkanes) is 37. The fraction of sp³-hybridized carbons (Fsp3) is 0.909. The molecule has 0 bridgehead atoms. The first kappa shape index (κ1) is 59.1. The Labute approximate surface area is 380 Å². The topological polar surface area (TPSA) is 78.9 Å². The summed E-state index contributed by atoms with van der Waals surface area (Å²) in [5, 5.41) is 0. The molecular formula is C55H104O6. The van der Waals surface area contributed by atoms with Crippen LogP contribution in [0.5, 0.6) is 0 Å². The van der Waals surface area contributed by atoms with Gasteiger partial charge in [0.15, 0.2) is 6.10 Å². The largest absolute Gasteiger partial charge is 0.462 e. The van der Waals surface area contributed by atoms with Gasteiger partial charge in [-0.15, -0.1) is 0 Å². The van der Waals surface area contributed by atoms with Gasteiger partial charge in [-0.1, -0.05) is 251 Å². The zero-order valence-corrected chi connectivity index (χ0v) is 41.2. The summed E-state index contributed by atoms with van der Waals surface area (Å²) >= 11 is 0. The van der Waals surface area contributed by atoms with Crippen molar-refractivity contribution in [2.24, 2.45) is 0 Å². The Balaban J connectivity index is 4.01. The van der Waals surface area contributed by atoms with Gasteiger partial charge >= 0.3 is 17.9 Å². The molecule has 0 aliphatic rings. The van der Waals surface area contributed by atoms with Crippen molar-refractivity contribution < 1.29 is 28.6 Å². The van der Waals surface area contributed by atoms with Gasteiger partial charge in [-0.2, -0.15) is 0 Å². The number of carbonyl (C=O) groups is 3. The fourth-order valence-corrected chi connectivity index (χ4v) is 8.14. The van der Waals surface area contributed by atoms with Gasteiger partial charge in [-0.25, -0.2) is 0 Å². The summed E-state index contributed by atoms with van der Waals surface area (Å²) in [4.78, 5) is 37.7. The van der Waals surface area contributed by atoms with E-state index < -0.39 is 6.10 Å². The molecule has 0 saturated carbocycles. The molecule has 360 valence electrons. The molecule has 0 aromatic rings. The number of carbonyl (C=O) groups excluding carboxylic acids is 3. The minimum atomic E-state index is -0.766. The van der Waals surface area contributed by atoms with Crippen LogP contribution in [0.4, 0.5) is 0 Å². The maximum Gasteiger partial charge on any atom is 0.306 e. The van der Waals surface area contributed by atoms with E-state index in [0.717, 1.165) is 64.2 Å². The average molecular weight is 861 g/mol. The van der Waals surface area contributed by atoms with Gasteiger partial charge < -0.3 is 14.2 Å². The summed E-state index contributed by atoms with van der Waals surface area (Å²) < 4.78 is 16.7.